The molecule has 2 aromatic rings. The van der Waals surface area contributed by atoms with Crippen molar-refractivity contribution in [1.29, 1.82) is 0 Å². The first kappa shape index (κ1) is 15.3. The van der Waals surface area contributed by atoms with Gasteiger partial charge in [-0.1, -0.05) is 48.5 Å². The summed E-state index contributed by atoms with van der Waals surface area (Å²) in [7, 11) is 0. The van der Waals surface area contributed by atoms with E-state index in [1.165, 1.54) is 6.92 Å². The fourth-order valence-electron chi connectivity index (χ4n) is 2.64. The van der Waals surface area contributed by atoms with E-state index >= 15 is 0 Å². The van der Waals surface area contributed by atoms with Gasteiger partial charge in [0, 0.05) is 12.5 Å². The summed E-state index contributed by atoms with van der Waals surface area (Å²) in [4.78, 5) is 15.7. The van der Waals surface area contributed by atoms with Gasteiger partial charge in [0.05, 0.1) is 19.1 Å². The second kappa shape index (κ2) is 7.09. The van der Waals surface area contributed by atoms with Gasteiger partial charge >= 0.3 is 5.97 Å². The Balaban J connectivity index is 1.85. The van der Waals surface area contributed by atoms with Crippen LogP contribution in [0.15, 0.2) is 65.7 Å². The lowest BCUT2D eigenvalue weighted by Gasteiger charge is -2.31. The van der Waals surface area contributed by atoms with Gasteiger partial charge in [-0.15, -0.1) is 0 Å². The highest BCUT2D eigenvalue weighted by atomic mass is 16.5. The van der Waals surface area contributed by atoms with Crippen LogP contribution in [0.5, 0.6) is 0 Å². The van der Waals surface area contributed by atoms with E-state index in [4.69, 9.17) is 9.47 Å². The van der Waals surface area contributed by atoms with Gasteiger partial charge in [-0.05, 0) is 17.7 Å². The van der Waals surface area contributed by atoms with Crippen molar-refractivity contribution in [3.8, 4) is 0 Å². The lowest BCUT2D eigenvalue weighted by atomic mass is 9.95. The molecule has 0 N–H and O–H groups in total. The molecule has 0 saturated carbocycles. The summed E-state index contributed by atoms with van der Waals surface area (Å²) < 4.78 is 11.3. The lowest BCUT2D eigenvalue weighted by molar-refractivity contribution is -0.143. The quantitative estimate of drug-likeness (QED) is 0.813. The number of carbonyl (C=O) groups is 1. The van der Waals surface area contributed by atoms with Crippen molar-refractivity contribution in [3.63, 3.8) is 0 Å². The van der Waals surface area contributed by atoms with E-state index < -0.39 is 0 Å². The van der Waals surface area contributed by atoms with E-state index in [9.17, 15) is 4.79 Å². The molecule has 1 heterocycles. The van der Waals surface area contributed by atoms with Crippen molar-refractivity contribution in [3.05, 3.63) is 71.8 Å². The summed E-state index contributed by atoms with van der Waals surface area (Å²) in [5.74, 6) is 0.363. The first-order valence-corrected chi connectivity index (χ1v) is 7.69. The van der Waals surface area contributed by atoms with Crippen LogP contribution in [0, 0.1) is 5.92 Å². The SMILES string of the molecule is CC(=O)OC[C@H]1CN=C(c2ccccc2)O[C@@H]1c1ccccc1. The fraction of sp³-hybridized carbons (Fsp3) is 0.263. The monoisotopic (exact) mass is 309 g/mol. The minimum absolute atomic E-state index is 0.00811. The van der Waals surface area contributed by atoms with Gasteiger partial charge in [0.2, 0.25) is 5.90 Å². The molecule has 23 heavy (non-hydrogen) atoms. The van der Waals surface area contributed by atoms with Gasteiger partial charge in [0.25, 0.3) is 0 Å². The number of aliphatic imine (C=N–C) groups is 1. The second-order valence-corrected chi connectivity index (χ2v) is 5.52. The van der Waals surface area contributed by atoms with Gasteiger partial charge in [-0.2, -0.15) is 0 Å². The summed E-state index contributed by atoms with van der Waals surface area (Å²) in [6.07, 6.45) is -0.178. The molecule has 0 radical (unpaired) electrons. The summed E-state index contributed by atoms with van der Waals surface area (Å²) in [5.41, 5.74) is 2.02. The van der Waals surface area contributed by atoms with Crippen LogP contribution >= 0.6 is 0 Å². The highest BCUT2D eigenvalue weighted by Crippen LogP contribution is 2.31. The Morgan fingerprint density at radius 2 is 1.78 bits per heavy atom. The molecule has 2 atom stereocenters. The minimum atomic E-state index is -0.283. The fourth-order valence-corrected chi connectivity index (χ4v) is 2.64. The average Bonchev–Trinajstić information content (AvgIpc) is 2.61. The Kier molecular flexibility index (Phi) is 4.71. The van der Waals surface area contributed by atoms with Crippen molar-refractivity contribution >= 4 is 11.9 Å². The molecule has 0 bridgehead atoms. The highest BCUT2D eigenvalue weighted by molar-refractivity contribution is 5.94. The number of benzene rings is 2. The Hall–Kier alpha value is -2.62. The van der Waals surface area contributed by atoms with Gasteiger partial charge in [0.1, 0.15) is 6.10 Å². The Labute approximate surface area is 135 Å². The van der Waals surface area contributed by atoms with Crippen LogP contribution in [-0.2, 0) is 14.3 Å². The first-order valence-electron chi connectivity index (χ1n) is 7.69. The number of nitrogens with zero attached hydrogens (tertiary/aromatic N) is 1. The summed E-state index contributed by atoms with van der Waals surface area (Å²) in [6, 6.07) is 19.8. The number of carbonyl (C=O) groups excluding carboxylic acids is 1. The molecule has 1 aliphatic heterocycles. The average molecular weight is 309 g/mol. The maximum Gasteiger partial charge on any atom is 0.302 e. The van der Waals surface area contributed by atoms with Crippen molar-refractivity contribution < 1.29 is 14.3 Å². The standard InChI is InChI=1S/C19H19NO3/c1-14(21)22-13-17-12-20-19(16-10-6-3-7-11-16)23-18(17)15-8-4-2-5-9-15/h2-11,17-18H,12-13H2,1H3/t17-,18-/m1/s1. The molecule has 118 valence electrons. The summed E-state index contributed by atoms with van der Waals surface area (Å²) in [6.45, 7) is 2.29. The minimum Gasteiger partial charge on any atom is -0.469 e. The highest BCUT2D eigenvalue weighted by Gasteiger charge is 2.31. The molecular formula is C19H19NO3. The molecule has 4 heteroatoms. The Bertz CT molecular complexity index is 682. The van der Waals surface area contributed by atoms with E-state index in [1.54, 1.807) is 0 Å². The molecule has 0 unspecified atom stereocenters. The third-order valence-electron chi connectivity index (χ3n) is 3.79. The molecule has 0 aromatic heterocycles. The summed E-state index contributed by atoms with van der Waals surface area (Å²) in [5, 5.41) is 0. The van der Waals surface area contributed by atoms with Gasteiger partial charge in [0.15, 0.2) is 0 Å². The number of ether oxygens (including phenoxy) is 2. The van der Waals surface area contributed by atoms with E-state index in [0.29, 0.717) is 19.0 Å². The molecule has 1 aliphatic rings. The largest absolute Gasteiger partial charge is 0.469 e. The number of hydrogen-bond donors (Lipinski definition) is 0. The molecule has 0 saturated heterocycles. The second-order valence-electron chi connectivity index (χ2n) is 5.52. The molecule has 0 aliphatic carbocycles. The summed E-state index contributed by atoms with van der Waals surface area (Å²) >= 11 is 0. The van der Waals surface area contributed by atoms with Crippen molar-refractivity contribution in [2.24, 2.45) is 10.9 Å². The van der Waals surface area contributed by atoms with E-state index in [2.05, 4.69) is 4.99 Å². The van der Waals surface area contributed by atoms with Crippen LogP contribution in [0.2, 0.25) is 0 Å². The topological polar surface area (TPSA) is 47.9 Å². The molecular weight excluding hydrogens is 290 g/mol. The molecule has 3 rings (SSSR count). The Morgan fingerprint density at radius 1 is 1.13 bits per heavy atom. The van der Waals surface area contributed by atoms with E-state index in [1.807, 2.05) is 60.7 Å². The van der Waals surface area contributed by atoms with Gasteiger partial charge in [-0.25, -0.2) is 0 Å². The maximum atomic E-state index is 11.1. The number of esters is 1. The zero-order valence-corrected chi connectivity index (χ0v) is 13.0. The van der Waals surface area contributed by atoms with Crippen LogP contribution in [0.1, 0.15) is 24.2 Å². The third-order valence-corrected chi connectivity index (χ3v) is 3.79. The Morgan fingerprint density at radius 3 is 2.43 bits per heavy atom. The zero-order chi connectivity index (χ0) is 16.1. The zero-order valence-electron chi connectivity index (χ0n) is 13.0. The maximum absolute atomic E-state index is 11.1. The van der Waals surface area contributed by atoms with Crippen LogP contribution in [0.4, 0.5) is 0 Å². The lowest BCUT2D eigenvalue weighted by Crippen LogP contribution is -2.31. The molecule has 0 fully saturated rings. The van der Waals surface area contributed by atoms with Crippen LogP contribution in [0.3, 0.4) is 0 Å². The first-order chi connectivity index (χ1) is 11.2. The van der Waals surface area contributed by atoms with Crippen molar-refractivity contribution in [2.45, 2.75) is 13.0 Å². The predicted octanol–water partition coefficient (Wildman–Crippen LogP) is 3.38. The van der Waals surface area contributed by atoms with Gasteiger partial charge < -0.3 is 9.47 Å². The van der Waals surface area contributed by atoms with Gasteiger partial charge in [-0.3, -0.25) is 9.79 Å². The molecule has 2 aromatic carbocycles. The molecule has 0 amide bonds. The number of hydrogen-bond acceptors (Lipinski definition) is 4. The van der Waals surface area contributed by atoms with E-state index in [-0.39, 0.29) is 18.0 Å². The van der Waals surface area contributed by atoms with E-state index in [0.717, 1.165) is 11.1 Å². The van der Waals surface area contributed by atoms with Crippen LogP contribution in [-0.4, -0.2) is 25.0 Å². The van der Waals surface area contributed by atoms with Crippen LogP contribution < -0.4 is 0 Å². The normalized spacial score (nSPS) is 20.3. The van der Waals surface area contributed by atoms with Crippen molar-refractivity contribution in [1.82, 2.24) is 0 Å². The van der Waals surface area contributed by atoms with Crippen molar-refractivity contribution in [2.75, 3.05) is 13.2 Å². The van der Waals surface area contributed by atoms with Crippen LogP contribution in [0.25, 0.3) is 0 Å². The third kappa shape index (κ3) is 3.77. The predicted molar refractivity (Wildman–Crippen MR) is 88.2 cm³/mol. The number of rotatable bonds is 4. The molecule has 0 spiro atoms. The molecule has 4 nitrogen and oxygen atoms in total. The smallest absolute Gasteiger partial charge is 0.302 e.